The van der Waals surface area contributed by atoms with Crippen molar-refractivity contribution in [2.45, 2.75) is 12.8 Å². The molecule has 12 heteroatoms. The minimum atomic E-state index is -0.547. The summed E-state index contributed by atoms with van der Waals surface area (Å²) in [7, 11) is 3.10. The van der Waals surface area contributed by atoms with E-state index in [9.17, 15) is 4.79 Å². The van der Waals surface area contributed by atoms with Gasteiger partial charge in [-0.1, -0.05) is 5.21 Å². The first-order valence-corrected chi connectivity index (χ1v) is 10.4. The van der Waals surface area contributed by atoms with Crippen LogP contribution in [0.2, 0.25) is 5.28 Å². The lowest BCUT2D eigenvalue weighted by atomic mass is 9.98. The second-order valence-corrected chi connectivity index (χ2v) is 7.84. The molecular weight excluding hydrogens is 436 g/mol. The maximum absolute atomic E-state index is 11.8. The van der Waals surface area contributed by atoms with E-state index in [1.54, 1.807) is 30.2 Å². The molecule has 11 nitrogen and oxygen atoms in total. The van der Waals surface area contributed by atoms with Crippen LogP contribution >= 0.6 is 11.6 Å². The minimum Gasteiger partial charge on any atom is -0.489 e. The predicted octanol–water partition coefficient (Wildman–Crippen LogP) is 1.98. The number of aryl methyl sites for hydroxylation is 1. The molecular formula is C20H23ClN8O3. The van der Waals surface area contributed by atoms with E-state index in [1.165, 1.54) is 7.11 Å². The molecule has 1 aliphatic rings. The Balaban J connectivity index is 1.36. The molecule has 168 valence electrons. The average molecular weight is 459 g/mol. The summed E-state index contributed by atoms with van der Waals surface area (Å²) in [5.74, 6) is 1.26. The molecule has 0 bridgehead atoms. The maximum atomic E-state index is 11.8. The van der Waals surface area contributed by atoms with Crippen molar-refractivity contribution in [1.82, 2.24) is 29.9 Å². The molecule has 1 saturated heterocycles. The van der Waals surface area contributed by atoms with Gasteiger partial charge in [0.05, 0.1) is 19.9 Å². The summed E-state index contributed by atoms with van der Waals surface area (Å²) in [6.07, 6.45) is 5.22. The third-order valence-electron chi connectivity index (χ3n) is 5.27. The average Bonchev–Trinajstić information content (AvgIpc) is 3.24. The Morgan fingerprint density at radius 1 is 1.28 bits per heavy atom. The van der Waals surface area contributed by atoms with Crippen molar-refractivity contribution in [3.8, 4) is 17.0 Å². The Morgan fingerprint density at radius 2 is 2.06 bits per heavy atom. The summed E-state index contributed by atoms with van der Waals surface area (Å²) >= 11 is 5.99. The van der Waals surface area contributed by atoms with Crippen molar-refractivity contribution in [1.29, 1.82) is 0 Å². The Bertz CT molecular complexity index is 1110. The first-order chi connectivity index (χ1) is 15.4. The van der Waals surface area contributed by atoms with Gasteiger partial charge < -0.3 is 20.1 Å². The van der Waals surface area contributed by atoms with E-state index in [4.69, 9.17) is 26.8 Å². The van der Waals surface area contributed by atoms with Crippen molar-refractivity contribution in [3.63, 3.8) is 0 Å². The molecule has 1 aliphatic heterocycles. The Morgan fingerprint density at radius 3 is 2.75 bits per heavy atom. The molecule has 4 rings (SSSR count). The number of rotatable bonds is 6. The van der Waals surface area contributed by atoms with Gasteiger partial charge in [-0.3, -0.25) is 4.68 Å². The van der Waals surface area contributed by atoms with Crippen molar-refractivity contribution in [2.75, 3.05) is 37.4 Å². The van der Waals surface area contributed by atoms with Crippen LogP contribution in [0.5, 0.6) is 5.75 Å². The van der Waals surface area contributed by atoms with Gasteiger partial charge in [0.2, 0.25) is 5.28 Å². The van der Waals surface area contributed by atoms with Crippen LogP contribution in [0.3, 0.4) is 0 Å². The van der Waals surface area contributed by atoms with Crippen LogP contribution in [0, 0.1) is 5.92 Å². The zero-order valence-electron chi connectivity index (χ0n) is 17.7. The highest BCUT2D eigenvalue weighted by atomic mass is 35.5. The van der Waals surface area contributed by atoms with Gasteiger partial charge in [-0.05, 0) is 36.4 Å². The lowest BCUT2D eigenvalue weighted by molar-refractivity contribution is 0.0594. The molecule has 0 unspecified atom stereocenters. The molecule has 0 radical (unpaired) electrons. The molecule has 0 aliphatic carbocycles. The van der Waals surface area contributed by atoms with Gasteiger partial charge in [0.25, 0.3) is 0 Å². The third kappa shape index (κ3) is 4.88. The molecule has 0 amide bonds. The summed E-state index contributed by atoms with van der Waals surface area (Å²) in [4.78, 5) is 26.2. The monoisotopic (exact) mass is 458 g/mol. The number of nitrogen functional groups attached to an aromatic ring is 1. The molecule has 0 atom stereocenters. The molecule has 1 fully saturated rings. The number of carbonyl (C=O) groups is 1. The van der Waals surface area contributed by atoms with Gasteiger partial charge in [0, 0.05) is 38.0 Å². The van der Waals surface area contributed by atoms with E-state index in [2.05, 4.69) is 30.2 Å². The Hall–Kier alpha value is -3.47. The van der Waals surface area contributed by atoms with Crippen molar-refractivity contribution >= 4 is 29.2 Å². The van der Waals surface area contributed by atoms with Gasteiger partial charge in [0.1, 0.15) is 11.5 Å². The van der Waals surface area contributed by atoms with Crippen LogP contribution < -0.4 is 15.4 Å². The van der Waals surface area contributed by atoms with Gasteiger partial charge in [-0.15, -0.1) is 5.10 Å². The number of nitrogens with two attached hydrogens (primary N) is 1. The number of esters is 1. The van der Waals surface area contributed by atoms with Crippen molar-refractivity contribution in [2.24, 2.45) is 13.0 Å². The van der Waals surface area contributed by atoms with E-state index in [-0.39, 0.29) is 11.0 Å². The fraction of sp³-hybridized carbons (Fsp3) is 0.400. The minimum absolute atomic E-state index is 0.0133. The van der Waals surface area contributed by atoms with Crippen LogP contribution in [-0.2, 0) is 11.8 Å². The molecule has 2 N–H and O–H groups in total. The SMILES string of the molecule is COC(=O)c1cc(N2CCC(COc3cc(-c4cn(C)nn4)cnc3N)CC2)nc(Cl)n1. The van der Waals surface area contributed by atoms with Crippen molar-refractivity contribution < 1.29 is 14.3 Å². The van der Waals surface area contributed by atoms with E-state index < -0.39 is 5.97 Å². The number of nitrogens with zero attached hydrogens (tertiary/aromatic N) is 7. The van der Waals surface area contributed by atoms with E-state index in [0.29, 0.717) is 35.6 Å². The fourth-order valence-electron chi connectivity index (χ4n) is 3.50. The summed E-state index contributed by atoms with van der Waals surface area (Å²) in [5, 5.41) is 8.05. The second kappa shape index (κ2) is 9.35. The Kier molecular flexibility index (Phi) is 6.35. The van der Waals surface area contributed by atoms with Crippen LogP contribution in [0.25, 0.3) is 11.3 Å². The van der Waals surface area contributed by atoms with Gasteiger partial charge in [-0.25, -0.2) is 19.7 Å². The first kappa shape index (κ1) is 21.8. The van der Waals surface area contributed by atoms with Crippen LogP contribution in [0.1, 0.15) is 23.3 Å². The number of aromatic nitrogens is 6. The summed E-state index contributed by atoms with van der Waals surface area (Å²) in [5.41, 5.74) is 7.63. The highest BCUT2D eigenvalue weighted by molar-refractivity contribution is 6.28. The molecule has 0 aromatic carbocycles. The highest BCUT2D eigenvalue weighted by Gasteiger charge is 2.23. The maximum Gasteiger partial charge on any atom is 0.356 e. The lowest BCUT2D eigenvalue weighted by Gasteiger charge is -2.32. The topological polar surface area (TPSA) is 134 Å². The summed E-state index contributed by atoms with van der Waals surface area (Å²) < 4.78 is 12.4. The second-order valence-electron chi connectivity index (χ2n) is 7.50. The first-order valence-electron chi connectivity index (χ1n) is 10.1. The predicted molar refractivity (Wildman–Crippen MR) is 117 cm³/mol. The molecule has 0 saturated carbocycles. The molecule has 3 aromatic rings. The van der Waals surface area contributed by atoms with E-state index in [0.717, 1.165) is 31.5 Å². The number of pyridine rings is 1. The quantitative estimate of drug-likeness (QED) is 0.431. The molecule has 0 spiro atoms. The van der Waals surface area contributed by atoms with Crippen LogP contribution in [0.4, 0.5) is 11.6 Å². The van der Waals surface area contributed by atoms with Gasteiger partial charge >= 0.3 is 5.97 Å². The Labute approximate surface area is 189 Å². The zero-order valence-corrected chi connectivity index (χ0v) is 18.5. The van der Waals surface area contributed by atoms with Crippen molar-refractivity contribution in [3.05, 3.63) is 35.5 Å². The number of piperidine rings is 1. The summed E-state index contributed by atoms with van der Waals surface area (Å²) in [6, 6.07) is 3.43. The van der Waals surface area contributed by atoms with E-state index in [1.807, 2.05) is 6.07 Å². The van der Waals surface area contributed by atoms with Crippen LogP contribution in [0.15, 0.2) is 24.5 Å². The third-order valence-corrected chi connectivity index (χ3v) is 5.44. The number of anilines is 2. The largest absolute Gasteiger partial charge is 0.489 e. The lowest BCUT2D eigenvalue weighted by Crippen LogP contribution is -2.36. The molecule has 3 aromatic heterocycles. The molecule has 32 heavy (non-hydrogen) atoms. The number of hydrogen-bond acceptors (Lipinski definition) is 10. The number of methoxy groups -OCH3 is 1. The van der Waals surface area contributed by atoms with E-state index >= 15 is 0 Å². The smallest absolute Gasteiger partial charge is 0.356 e. The van der Waals surface area contributed by atoms with Gasteiger partial charge in [0.15, 0.2) is 17.3 Å². The number of carbonyl (C=O) groups excluding carboxylic acids is 1. The molecule has 4 heterocycles. The number of halogens is 1. The fourth-order valence-corrected chi connectivity index (χ4v) is 3.68. The normalized spacial score (nSPS) is 14.4. The highest BCUT2D eigenvalue weighted by Crippen LogP contribution is 2.28. The number of hydrogen-bond donors (Lipinski definition) is 1. The van der Waals surface area contributed by atoms with Gasteiger partial charge in [-0.2, -0.15) is 0 Å². The standard InChI is InChI=1S/C20H23ClN8O3/c1-28-10-15(26-27-28)13-7-16(18(22)23-9-13)32-11-12-3-5-29(6-4-12)17-8-14(19(30)31-2)24-20(21)25-17/h7-10,12H,3-6,11H2,1-2H3,(H2,22,23). The number of ether oxygens (including phenoxy) is 2. The zero-order chi connectivity index (χ0) is 22.7. The van der Waals surface area contributed by atoms with Crippen LogP contribution in [-0.4, -0.2) is 62.7 Å². The summed E-state index contributed by atoms with van der Waals surface area (Å²) in [6.45, 7) is 2.01.